The number of likely N-dealkylation sites (N-methyl/N-ethyl adjacent to an activating group) is 1. The zero-order valence-corrected chi connectivity index (χ0v) is 11.3. The first-order valence-electron chi connectivity index (χ1n) is 6.17. The fraction of sp³-hybridized carbons (Fsp3) is 0.571. The van der Waals surface area contributed by atoms with E-state index in [1.54, 1.807) is 7.11 Å². The van der Waals surface area contributed by atoms with Crippen LogP contribution in [0.1, 0.15) is 31.9 Å². The predicted octanol–water partition coefficient (Wildman–Crippen LogP) is 2.57. The van der Waals surface area contributed by atoms with E-state index in [-0.39, 0.29) is 6.04 Å². The molecule has 2 atom stereocenters. The van der Waals surface area contributed by atoms with Crippen molar-refractivity contribution in [2.45, 2.75) is 32.4 Å². The van der Waals surface area contributed by atoms with Gasteiger partial charge in [0.2, 0.25) is 0 Å². The van der Waals surface area contributed by atoms with Gasteiger partial charge in [0.1, 0.15) is 0 Å². The zero-order chi connectivity index (χ0) is 12.8. The minimum atomic E-state index is 0.144. The second-order valence-electron chi connectivity index (χ2n) is 4.52. The third-order valence-electron chi connectivity index (χ3n) is 3.24. The summed E-state index contributed by atoms with van der Waals surface area (Å²) in [4.78, 5) is 2.21. The highest BCUT2D eigenvalue weighted by atomic mass is 16.5. The summed E-state index contributed by atoms with van der Waals surface area (Å²) in [7, 11) is 3.81. The van der Waals surface area contributed by atoms with Gasteiger partial charge in [-0.15, -0.1) is 0 Å². The minimum Gasteiger partial charge on any atom is -0.383 e. The van der Waals surface area contributed by atoms with Crippen LogP contribution in [0, 0.1) is 0 Å². The molecule has 0 radical (unpaired) electrons. The van der Waals surface area contributed by atoms with E-state index in [0.29, 0.717) is 6.04 Å². The Balaban J connectivity index is 2.73. The highest BCUT2D eigenvalue weighted by molar-refractivity contribution is 5.48. The van der Waals surface area contributed by atoms with Gasteiger partial charge in [0.25, 0.3) is 0 Å². The quantitative estimate of drug-likeness (QED) is 0.825. The van der Waals surface area contributed by atoms with Crippen LogP contribution in [0.4, 0.5) is 5.69 Å². The summed E-state index contributed by atoms with van der Waals surface area (Å²) in [6.45, 7) is 4.98. The summed E-state index contributed by atoms with van der Waals surface area (Å²) in [5.41, 5.74) is 8.39. The van der Waals surface area contributed by atoms with Crippen molar-refractivity contribution in [3.8, 4) is 0 Å². The molecular weight excluding hydrogens is 212 g/mol. The van der Waals surface area contributed by atoms with Crippen molar-refractivity contribution in [1.29, 1.82) is 0 Å². The maximum atomic E-state index is 5.99. The Morgan fingerprint density at radius 1 is 1.29 bits per heavy atom. The number of nitrogens with two attached hydrogens (primary N) is 1. The third kappa shape index (κ3) is 3.72. The van der Waals surface area contributed by atoms with Gasteiger partial charge in [-0.3, -0.25) is 0 Å². The molecule has 0 aliphatic heterocycles. The summed E-state index contributed by atoms with van der Waals surface area (Å²) in [6, 6.07) is 8.98. The van der Waals surface area contributed by atoms with E-state index in [1.807, 2.05) is 0 Å². The van der Waals surface area contributed by atoms with Gasteiger partial charge in [0.05, 0.1) is 6.61 Å². The first-order valence-corrected chi connectivity index (χ1v) is 6.17. The largest absolute Gasteiger partial charge is 0.383 e. The number of anilines is 1. The van der Waals surface area contributed by atoms with Gasteiger partial charge in [-0.1, -0.05) is 19.1 Å². The van der Waals surface area contributed by atoms with Crippen LogP contribution < -0.4 is 10.6 Å². The molecule has 0 saturated heterocycles. The van der Waals surface area contributed by atoms with Gasteiger partial charge >= 0.3 is 0 Å². The molecule has 1 aromatic rings. The van der Waals surface area contributed by atoms with Crippen LogP contribution in [0.2, 0.25) is 0 Å². The Labute approximate surface area is 105 Å². The summed E-state index contributed by atoms with van der Waals surface area (Å²) in [5, 5.41) is 0. The van der Waals surface area contributed by atoms with Crippen molar-refractivity contribution in [1.82, 2.24) is 0 Å². The van der Waals surface area contributed by atoms with Crippen LogP contribution >= 0.6 is 0 Å². The first kappa shape index (κ1) is 14.0. The maximum Gasteiger partial charge on any atom is 0.0663 e. The molecule has 3 nitrogen and oxygen atoms in total. The van der Waals surface area contributed by atoms with Gasteiger partial charge in [0.15, 0.2) is 0 Å². The molecule has 1 rings (SSSR count). The van der Waals surface area contributed by atoms with Crippen molar-refractivity contribution < 1.29 is 4.74 Å². The molecule has 0 bridgehead atoms. The van der Waals surface area contributed by atoms with Crippen LogP contribution in [0.3, 0.4) is 0 Å². The first-order chi connectivity index (χ1) is 8.10. The Morgan fingerprint density at radius 3 is 2.35 bits per heavy atom. The molecule has 0 amide bonds. The number of hydrogen-bond donors (Lipinski definition) is 1. The highest BCUT2D eigenvalue weighted by Crippen LogP contribution is 2.20. The SMILES string of the molecule is CC[C@H](N)c1ccc(N(C)C(C)COC)cc1. The second kappa shape index (κ2) is 6.62. The standard InChI is InChI=1S/C14H24N2O/c1-5-14(15)12-6-8-13(9-7-12)16(3)11(2)10-17-4/h6-9,11,14H,5,10,15H2,1-4H3/t11?,14-/m0/s1. The van der Waals surface area contributed by atoms with Gasteiger partial charge in [-0.25, -0.2) is 0 Å². The fourth-order valence-electron chi connectivity index (χ4n) is 1.80. The fourth-order valence-corrected chi connectivity index (χ4v) is 1.80. The Morgan fingerprint density at radius 2 is 1.88 bits per heavy atom. The van der Waals surface area contributed by atoms with E-state index in [1.165, 1.54) is 11.3 Å². The number of nitrogens with zero attached hydrogens (tertiary/aromatic N) is 1. The molecule has 96 valence electrons. The number of benzene rings is 1. The van der Waals surface area contributed by atoms with Gasteiger partial charge in [-0.05, 0) is 31.0 Å². The number of rotatable bonds is 6. The Bertz CT molecular complexity index is 323. The number of ether oxygens (including phenoxy) is 1. The molecule has 17 heavy (non-hydrogen) atoms. The molecular formula is C14H24N2O. The second-order valence-corrected chi connectivity index (χ2v) is 4.52. The van der Waals surface area contributed by atoms with Crippen molar-refractivity contribution >= 4 is 5.69 Å². The molecule has 0 saturated carbocycles. The van der Waals surface area contributed by atoms with Gasteiger partial charge in [0, 0.05) is 31.9 Å². The van der Waals surface area contributed by atoms with Crippen LogP contribution in [-0.4, -0.2) is 26.8 Å². The lowest BCUT2D eigenvalue weighted by Gasteiger charge is -2.26. The van der Waals surface area contributed by atoms with E-state index < -0.39 is 0 Å². The van der Waals surface area contributed by atoms with Crippen molar-refractivity contribution in [2.75, 3.05) is 25.7 Å². The molecule has 0 spiro atoms. The topological polar surface area (TPSA) is 38.5 Å². The lowest BCUT2D eigenvalue weighted by Crippen LogP contribution is -2.32. The predicted molar refractivity (Wildman–Crippen MR) is 73.4 cm³/mol. The lowest BCUT2D eigenvalue weighted by molar-refractivity contribution is 0.183. The molecule has 2 N–H and O–H groups in total. The van der Waals surface area contributed by atoms with E-state index in [9.17, 15) is 0 Å². The zero-order valence-electron chi connectivity index (χ0n) is 11.3. The molecule has 0 heterocycles. The summed E-state index contributed by atoms with van der Waals surface area (Å²) in [5.74, 6) is 0. The van der Waals surface area contributed by atoms with E-state index in [2.05, 4.69) is 50.1 Å². The van der Waals surface area contributed by atoms with Gasteiger partial charge < -0.3 is 15.4 Å². The van der Waals surface area contributed by atoms with Crippen molar-refractivity contribution in [3.63, 3.8) is 0 Å². The van der Waals surface area contributed by atoms with Crippen molar-refractivity contribution in [3.05, 3.63) is 29.8 Å². The molecule has 0 aliphatic rings. The van der Waals surface area contributed by atoms with E-state index >= 15 is 0 Å². The van der Waals surface area contributed by atoms with E-state index in [4.69, 9.17) is 10.5 Å². The average molecular weight is 236 g/mol. The molecule has 0 aromatic heterocycles. The van der Waals surface area contributed by atoms with Gasteiger partial charge in [-0.2, -0.15) is 0 Å². The molecule has 1 unspecified atom stereocenters. The van der Waals surface area contributed by atoms with Crippen LogP contribution in [0.25, 0.3) is 0 Å². The van der Waals surface area contributed by atoms with Crippen molar-refractivity contribution in [2.24, 2.45) is 5.73 Å². The molecule has 0 fully saturated rings. The Kier molecular flexibility index (Phi) is 5.45. The normalized spacial score (nSPS) is 14.4. The monoisotopic (exact) mass is 236 g/mol. The molecule has 1 aromatic carbocycles. The molecule has 0 aliphatic carbocycles. The van der Waals surface area contributed by atoms with E-state index in [0.717, 1.165) is 13.0 Å². The number of methoxy groups -OCH3 is 1. The number of hydrogen-bond acceptors (Lipinski definition) is 3. The third-order valence-corrected chi connectivity index (χ3v) is 3.24. The molecule has 3 heteroatoms. The van der Waals surface area contributed by atoms with Crippen LogP contribution in [0.15, 0.2) is 24.3 Å². The minimum absolute atomic E-state index is 0.144. The Hall–Kier alpha value is -1.06. The van der Waals surface area contributed by atoms with Crippen LogP contribution in [0.5, 0.6) is 0 Å². The lowest BCUT2D eigenvalue weighted by atomic mass is 10.0. The summed E-state index contributed by atoms with van der Waals surface area (Å²) < 4.78 is 5.16. The average Bonchev–Trinajstić information content (AvgIpc) is 2.37. The van der Waals surface area contributed by atoms with Crippen LogP contribution in [-0.2, 0) is 4.74 Å². The highest BCUT2D eigenvalue weighted by Gasteiger charge is 2.10. The maximum absolute atomic E-state index is 5.99. The summed E-state index contributed by atoms with van der Waals surface area (Å²) in [6.07, 6.45) is 0.968. The summed E-state index contributed by atoms with van der Waals surface area (Å²) >= 11 is 0. The smallest absolute Gasteiger partial charge is 0.0663 e.